The molecule has 134 valence electrons. The fourth-order valence-electron chi connectivity index (χ4n) is 3.85. The number of thiophene rings is 1. The summed E-state index contributed by atoms with van der Waals surface area (Å²) in [4.78, 5) is 15.2. The lowest BCUT2D eigenvalue weighted by molar-refractivity contribution is -0.0999. The molecule has 0 unspecified atom stereocenters. The Morgan fingerprint density at radius 1 is 1.22 bits per heavy atom. The average molecular weight is 376 g/mol. The summed E-state index contributed by atoms with van der Waals surface area (Å²) >= 11 is 1.46. The Morgan fingerprint density at radius 2 is 2.04 bits per heavy atom. The molecule has 4 heterocycles. The molecule has 4 aromatic heterocycles. The third-order valence-electron chi connectivity index (χ3n) is 5.10. The van der Waals surface area contributed by atoms with Gasteiger partial charge in [-0.1, -0.05) is 0 Å². The van der Waals surface area contributed by atoms with E-state index in [9.17, 15) is 10.4 Å². The van der Waals surface area contributed by atoms with E-state index in [4.69, 9.17) is 0 Å². The Morgan fingerprint density at radius 3 is 2.81 bits per heavy atom. The Balaban J connectivity index is 1.53. The molecule has 0 saturated heterocycles. The van der Waals surface area contributed by atoms with Gasteiger partial charge in [-0.05, 0) is 31.9 Å². The molecule has 7 nitrogen and oxygen atoms in total. The summed E-state index contributed by atoms with van der Waals surface area (Å²) in [5.74, 6) is 0.594. The molecule has 0 radical (unpaired) electrons. The summed E-state index contributed by atoms with van der Waals surface area (Å²) < 4.78 is 1.73. The molecule has 5 rings (SSSR count). The molecular weight excluding hydrogens is 360 g/mol. The van der Waals surface area contributed by atoms with Crippen molar-refractivity contribution in [3.63, 3.8) is 0 Å². The van der Waals surface area contributed by atoms with Crippen LogP contribution in [0.2, 0.25) is 0 Å². The molecule has 4 aromatic rings. The maximum atomic E-state index is 10.8. The topological polar surface area (TPSA) is 101 Å². The zero-order valence-electron chi connectivity index (χ0n) is 14.8. The SMILES string of the molecule is Cn1cc2cc(-c3ncc4cc(C5(O)CC(C)(C#N)C5)sc4n3)cnc2n1. The molecule has 0 aromatic carbocycles. The largest absolute Gasteiger partial charge is 0.384 e. The predicted octanol–water partition coefficient (Wildman–Crippen LogP) is 3.15. The van der Waals surface area contributed by atoms with Gasteiger partial charge in [0.05, 0.1) is 11.5 Å². The highest BCUT2D eigenvalue weighted by atomic mass is 32.1. The van der Waals surface area contributed by atoms with Gasteiger partial charge in [0.1, 0.15) is 10.4 Å². The summed E-state index contributed by atoms with van der Waals surface area (Å²) in [6.45, 7) is 1.88. The maximum Gasteiger partial charge on any atom is 0.181 e. The van der Waals surface area contributed by atoms with Gasteiger partial charge >= 0.3 is 0 Å². The average Bonchev–Trinajstić information content (AvgIpc) is 3.21. The molecule has 1 aliphatic rings. The van der Waals surface area contributed by atoms with Crippen LogP contribution in [0.4, 0.5) is 0 Å². The van der Waals surface area contributed by atoms with Crippen LogP contribution in [0.5, 0.6) is 0 Å². The summed E-state index contributed by atoms with van der Waals surface area (Å²) in [6.07, 6.45) is 6.31. The summed E-state index contributed by atoms with van der Waals surface area (Å²) in [6, 6.07) is 6.20. The Bertz CT molecular complexity index is 1240. The van der Waals surface area contributed by atoms with E-state index in [2.05, 4.69) is 26.1 Å². The quantitative estimate of drug-likeness (QED) is 0.577. The third-order valence-corrected chi connectivity index (χ3v) is 6.34. The van der Waals surface area contributed by atoms with E-state index < -0.39 is 11.0 Å². The second-order valence-corrected chi connectivity index (χ2v) is 8.59. The predicted molar refractivity (Wildman–Crippen MR) is 102 cm³/mol. The van der Waals surface area contributed by atoms with Gasteiger partial charge in [-0.25, -0.2) is 15.0 Å². The first kappa shape index (κ1) is 16.3. The van der Waals surface area contributed by atoms with Crippen LogP contribution in [-0.4, -0.2) is 29.8 Å². The molecule has 27 heavy (non-hydrogen) atoms. The lowest BCUT2D eigenvalue weighted by Crippen LogP contribution is -2.46. The first-order valence-electron chi connectivity index (χ1n) is 8.58. The molecule has 1 fully saturated rings. The first-order valence-corrected chi connectivity index (χ1v) is 9.40. The fraction of sp³-hybridized carbons (Fsp3) is 0.316. The van der Waals surface area contributed by atoms with Crippen molar-refractivity contribution in [2.24, 2.45) is 12.5 Å². The molecule has 1 aliphatic carbocycles. The van der Waals surface area contributed by atoms with Crippen LogP contribution in [0.1, 0.15) is 24.6 Å². The number of nitrogens with zero attached hydrogens (tertiary/aromatic N) is 6. The van der Waals surface area contributed by atoms with E-state index in [0.717, 1.165) is 26.0 Å². The number of aliphatic hydroxyl groups is 1. The number of hydrogen-bond acceptors (Lipinski definition) is 7. The number of fused-ring (bicyclic) bond motifs is 2. The first-order chi connectivity index (χ1) is 12.9. The van der Waals surface area contributed by atoms with E-state index in [1.165, 1.54) is 11.3 Å². The van der Waals surface area contributed by atoms with E-state index in [-0.39, 0.29) is 0 Å². The van der Waals surface area contributed by atoms with Crippen molar-refractivity contribution >= 4 is 32.6 Å². The highest BCUT2D eigenvalue weighted by Crippen LogP contribution is 2.55. The van der Waals surface area contributed by atoms with Gasteiger partial charge in [0.2, 0.25) is 0 Å². The van der Waals surface area contributed by atoms with E-state index in [0.29, 0.717) is 24.3 Å². The highest BCUT2D eigenvalue weighted by molar-refractivity contribution is 7.18. The number of pyridine rings is 1. The van der Waals surface area contributed by atoms with E-state index in [1.54, 1.807) is 17.1 Å². The summed E-state index contributed by atoms with van der Waals surface area (Å²) in [7, 11) is 1.86. The van der Waals surface area contributed by atoms with Gasteiger partial charge in [0, 0.05) is 46.9 Å². The standard InChI is InChI=1S/C19H16N6OS/c1-18(10-20)8-19(26,9-18)14-4-12-6-21-15(23-17(12)27-14)11-3-13-7-25(2)24-16(13)22-5-11/h3-7,26H,8-9H2,1-2H3. The normalized spacial score (nSPS) is 24.8. The van der Waals surface area contributed by atoms with Crippen LogP contribution in [0, 0.1) is 16.7 Å². The number of rotatable bonds is 2. The van der Waals surface area contributed by atoms with Crippen LogP contribution in [0.3, 0.4) is 0 Å². The molecule has 0 spiro atoms. The zero-order chi connectivity index (χ0) is 18.8. The van der Waals surface area contributed by atoms with Gasteiger partial charge in [-0.3, -0.25) is 4.68 Å². The third kappa shape index (κ3) is 2.51. The zero-order valence-corrected chi connectivity index (χ0v) is 15.7. The molecule has 0 aliphatic heterocycles. The Kier molecular flexibility index (Phi) is 3.21. The van der Waals surface area contributed by atoms with Crippen molar-refractivity contribution in [2.45, 2.75) is 25.4 Å². The minimum atomic E-state index is -0.938. The van der Waals surface area contributed by atoms with Gasteiger partial charge in [-0.2, -0.15) is 10.4 Å². The van der Waals surface area contributed by atoms with Crippen molar-refractivity contribution < 1.29 is 5.11 Å². The summed E-state index contributed by atoms with van der Waals surface area (Å²) in [5.41, 5.74) is 0.124. The van der Waals surface area contributed by atoms with Crippen molar-refractivity contribution in [1.82, 2.24) is 24.7 Å². The lowest BCUT2D eigenvalue weighted by Gasteiger charge is -2.46. The van der Waals surface area contributed by atoms with Crippen molar-refractivity contribution in [2.75, 3.05) is 0 Å². The van der Waals surface area contributed by atoms with Crippen LogP contribution in [-0.2, 0) is 12.6 Å². The lowest BCUT2D eigenvalue weighted by atomic mass is 9.60. The van der Waals surface area contributed by atoms with Gasteiger partial charge in [0.25, 0.3) is 0 Å². The van der Waals surface area contributed by atoms with Crippen LogP contribution >= 0.6 is 11.3 Å². The minimum Gasteiger partial charge on any atom is -0.384 e. The number of aryl methyl sites for hydroxylation is 1. The maximum absolute atomic E-state index is 10.8. The van der Waals surface area contributed by atoms with Crippen molar-refractivity contribution in [1.29, 1.82) is 5.26 Å². The second kappa shape index (κ2) is 5.31. The molecule has 8 heteroatoms. The van der Waals surface area contributed by atoms with Gasteiger partial charge in [0.15, 0.2) is 11.5 Å². The van der Waals surface area contributed by atoms with Crippen molar-refractivity contribution in [3.8, 4) is 17.5 Å². The molecular formula is C19H16N6OS. The molecule has 0 atom stereocenters. The molecule has 0 bridgehead atoms. The smallest absolute Gasteiger partial charge is 0.181 e. The van der Waals surface area contributed by atoms with E-state index >= 15 is 0 Å². The number of nitriles is 1. The molecule has 1 saturated carbocycles. The van der Waals surface area contributed by atoms with Crippen LogP contribution in [0.15, 0.2) is 30.7 Å². The van der Waals surface area contributed by atoms with Gasteiger partial charge < -0.3 is 5.11 Å². The number of hydrogen-bond donors (Lipinski definition) is 1. The Labute approximate surface area is 158 Å². The monoisotopic (exact) mass is 376 g/mol. The van der Waals surface area contributed by atoms with E-state index in [1.807, 2.05) is 32.3 Å². The number of aromatic nitrogens is 5. The van der Waals surface area contributed by atoms with Crippen molar-refractivity contribution in [3.05, 3.63) is 35.6 Å². The fourth-order valence-corrected chi connectivity index (χ4v) is 4.94. The van der Waals surface area contributed by atoms with Crippen LogP contribution < -0.4 is 0 Å². The summed E-state index contributed by atoms with van der Waals surface area (Å²) in [5, 5.41) is 26.2. The second-order valence-electron chi connectivity index (χ2n) is 7.56. The molecule has 0 amide bonds. The Hall–Kier alpha value is -2.89. The van der Waals surface area contributed by atoms with Gasteiger partial charge in [-0.15, -0.1) is 11.3 Å². The minimum absolute atomic E-state index is 0.450. The van der Waals surface area contributed by atoms with Crippen LogP contribution in [0.25, 0.3) is 32.6 Å². The molecule has 1 N–H and O–H groups in total. The highest BCUT2D eigenvalue weighted by Gasteiger charge is 2.53.